The Hall–Kier alpha value is -1.70. The topological polar surface area (TPSA) is 63.5 Å². The first-order valence-electron chi connectivity index (χ1n) is 5.94. The summed E-state index contributed by atoms with van der Waals surface area (Å²) in [6, 6.07) is 0.967. The Bertz CT molecular complexity index is 568. The third kappa shape index (κ3) is 2.74. The maximum atomic E-state index is 13.8. The monoisotopic (exact) mass is 302 g/mol. The average Bonchev–Trinajstić information content (AvgIpc) is 2.40. The fraction of sp³-hybridized carbons (Fsp3) is 0.417. The minimum Gasteiger partial charge on any atom is -0.334 e. The van der Waals surface area contributed by atoms with E-state index in [9.17, 15) is 23.7 Å². The summed E-state index contributed by atoms with van der Waals surface area (Å²) in [5, 5.41) is 10.5. The highest BCUT2D eigenvalue weighted by Crippen LogP contribution is 2.24. The molecule has 1 fully saturated rings. The van der Waals surface area contributed by atoms with Gasteiger partial charge in [-0.1, -0.05) is 0 Å². The van der Waals surface area contributed by atoms with Crippen molar-refractivity contribution in [3.05, 3.63) is 39.4 Å². The summed E-state index contributed by atoms with van der Waals surface area (Å²) in [7, 11) is 0. The highest BCUT2D eigenvalue weighted by atomic mass is 32.2. The minimum atomic E-state index is -1.21. The molecule has 0 spiro atoms. The van der Waals surface area contributed by atoms with E-state index >= 15 is 0 Å². The van der Waals surface area contributed by atoms with Crippen LogP contribution in [0.25, 0.3) is 0 Å². The largest absolute Gasteiger partial charge is 0.334 e. The number of carbonyl (C=O) groups excluding carboxylic acids is 1. The standard InChI is InChI=1S/C12H12F2N2O3S/c1-7-6-20-3-2-15(7)12(17)8-4-10(14)11(16(18)19)5-9(8)13/h4-5,7H,2-3,6H2,1H3. The van der Waals surface area contributed by atoms with Crippen LogP contribution in [-0.2, 0) is 0 Å². The Morgan fingerprint density at radius 2 is 2.15 bits per heavy atom. The molecule has 20 heavy (non-hydrogen) atoms. The van der Waals surface area contributed by atoms with Crippen LogP contribution in [0.15, 0.2) is 12.1 Å². The van der Waals surface area contributed by atoms with Gasteiger partial charge in [-0.05, 0) is 13.0 Å². The van der Waals surface area contributed by atoms with Crippen molar-refractivity contribution in [2.24, 2.45) is 0 Å². The van der Waals surface area contributed by atoms with Crippen LogP contribution in [0.5, 0.6) is 0 Å². The van der Waals surface area contributed by atoms with Crippen molar-refractivity contribution in [1.82, 2.24) is 4.90 Å². The quantitative estimate of drug-likeness (QED) is 0.622. The first-order chi connectivity index (χ1) is 9.41. The molecule has 0 aromatic heterocycles. The van der Waals surface area contributed by atoms with Crippen LogP contribution < -0.4 is 0 Å². The summed E-state index contributed by atoms with van der Waals surface area (Å²) in [6.45, 7) is 2.27. The molecular formula is C12H12F2N2O3S. The summed E-state index contributed by atoms with van der Waals surface area (Å²) < 4.78 is 27.3. The SMILES string of the molecule is CC1CSCCN1C(=O)c1cc(F)c([N+](=O)[O-])cc1F. The van der Waals surface area contributed by atoms with Crippen molar-refractivity contribution >= 4 is 23.4 Å². The van der Waals surface area contributed by atoms with Crippen LogP contribution in [0.3, 0.4) is 0 Å². The smallest absolute Gasteiger partial charge is 0.307 e. The van der Waals surface area contributed by atoms with Crippen LogP contribution >= 0.6 is 11.8 Å². The van der Waals surface area contributed by atoms with Crippen LogP contribution in [0.1, 0.15) is 17.3 Å². The number of nitro groups is 1. The predicted molar refractivity (Wildman–Crippen MR) is 70.8 cm³/mol. The second-order valence-corrected chi connectivity index (χ2v) is 5.61. The molecule has 0 bridgehead atoms. The summed E-state index contributed by atoms with van der Waals surface area (Å²) in [4.78, 5) is 23.2. The van der Waals surface area contributed by atoms with Crippen LogP contribution in [0.4, 0.5) is 14.5 Å². The molecule has 1 aliphatic heterocycles. The molecular weight excluding hydrogens is 290 g/mol. The van der Waals surface area contributed by atoms with Crippen molar-refractivity contribution in [3.63, 3.8) is 0 Å². The first kappa shape index (κ1) is 14.7. The summed E-state index contributed by atoms with van der Waals surface area (Å²) in [6.07, 6.45) is 0. The Kier molecular flexibility index (Phi) is 4.22. The number of hydrogen-bond donors (Lipinski definition) is 0. The molecule has 1 heterocycles. The second kappa shape index (κ2) is 5.74. The summed E-state index contributed by atoms with van der Waals surface area (Å²) in [5.41, 5.74) is -1.44. The summed E-state index contributed by atoms with van der Waals surface area (Å²) >= 11 is 1.68. The van der Waals surface area contributed by atoms with Crippen molar-refractivity contribution in [2.45, 2.75) is 13.0 Å². The lowest BCUT2D eigenvalue weighted by Gasteiger charge is -2.33. The molecule has 1 amide bonds. The lowest BCUT2D eigenvalue weighted by molar-refractivity contribution is -0.387. The van der Waals surface area contributed by atoms with Crippen LogP contribution in [0, 0.1) is 21.7 Å². The minimum absolute atomic E-state index is 0.0843. The van der Waals surface area contributed by atoms with Gasteiger partial charge in [0.2, 0.25) is 5.82 Å². The molecule has 0 radical (unpaired) electrons. The molecule has 108 valence electrons. The number of benzene rings is 1. The third-order valence-electron chi connectivity index (χ3n) is 3.09. The number of thioether (sulfide) groups is 1. The van der Waals surface area contributed by atoms with E-state index in [1.165, 1.54) is 4.90 Å². The predicted octanol–water partition coefficient (Wildman–Crippen LogP) is 2.45. The van der Waals surface area contributed by atoms with Gasteiger partial charge >= 0.3 is 5.69 Å². The number of amides is 1. The molecule has 1 saturated heterocycles. The fourth-order valence-electron chi connectivity index (χ4n) is 2.02. The van der Waals surface area contributed by atoms with Gasteiger partial charge in [-0.25, -0.2) is 4.39 Å². The van der Waals surface area contributed by atoms with Gasteiger partial charge in [-0.2, -0.15) is 16.2 Å². The van der Waals surface area contributed by atoms with E-state index < -0.39 is 33.7 Å². The zero-order chi connectivity index (χ0) is 14.9. The average molecular weight is 302 g/mol. The number of nitro benzene ring substituents is 1. The maximum absolute atomic E-state index is 13.8. The Morgan fingerprint density at radius 3 is 2.75 bits per heavy atom. The first-order valence-corrected chi connectivity index (χ1v) is 7.09. The lowest BCUT2D eigenvalue weighted by atomic mass is 10.1. The van der Waals surface area contributed by atoms with Crippen molar-refractivity contribution in [2.75, 3.05) is 18.1 Å². The normalized spacial score (nSPS) is 18.9. The van der Waals surface area contributed by atoms with Crippen molar-refractivity contribution in [3.8, 4) is 0 Å². The van der Waals surface area contributed by atoms with Crippen LogP contribution in [-0.4, -0.2) is 39.8 Å². The molecule has 1 aliphatic rings. The number of hydrogen-bond acceptors (Lipinski definition) is 4. The zero-order valence-electron chi connectivity index (χ0n) is 10.6. The van der Waals surface area contributed by atoms with Crippen molar-refractivity contribution in [1.29, 1.82) is 0 Å². The molecule has 8 heteroatoms. The highest BCUT2D eigenvalue weighted by molar-refractivity contribution is 7.99. The van der Waals surface area contributed by atoms with E-state index in [2.05, 4.69) is 0 Å². The molecule has 0 aliphatic carbocycles. The fourth-order valence-corrected chi connectivity index (χ4v) is 3.04. The van der Waals surface area contributed by atoms with Gasteiger partial charge in [0.05, 0.1) is 16.6 Å². The number of nitrogens with zero attached hydrogens (tertiary/aromatic N) is 2. The number of carbonyl (C=O) groups is 1. The van der Waals surface area contributed by atoms with E-state index in [4.69, 9.17) is 0 Å². The highest BCUT2D eigenvalue weighted by Gasteiger charge is 2.29. The van der Waals surface area contributed by atoms with Gasteiger partial charge in [0, 0.05) is 24.1 Å². The van der Waals surface area contributed by atoms with Gasteiger partial charge in [0.15, 0.2) is 0 Å². The Labute approximate surface area is 118 Å². The molecule has 1 atom stereocenters. The Morgan fingerprint density at radius 1 is 1.45 bits per heavy atom. The molecule has 1 unspecified atom stereocenters. The van der Waals surface area contributed by atoms with Gasteiger partial charge in [0.25, 0.3) is 5.91 Å². The van der Waals surface area contributed by atoms with Gasteiger partial charge in [-0.3, -0.25) is 14.9 Å². The molecule has 1 aromatic rings. The number of halogens is 2. The molecule has 0 saturated carbocycles. The van der Waals surface area contributed by atoms with Crippen molar-refractivity contribution < 1.29 is 18.5 Å². The van der Waals surface area contributed by atoms with Crippen LogP contribution in [0.2, 0.25) is 0 Å². The van der Waals surface area contributed by atoms with E-state index in [0.29, 0.717) is 18.7 Å². The van der Waals surface area contributed by atoms with Gasteiger partial charge in [-0.15, -0.1) is 0 Å². The van der Waals surface area contributed by atoms with E-state index in [1.54, 1.807) is 11.8 Å². The maximum Gasteiger partial charge on any atom is 0.307 e. The number of rotatable bonds is 2. The van der Waals surface area contributed by atoms with E-state index in [1.807, 2.05) is 6.92 Å². The zero-order valence-corrected chi connectivity index (χ0v) is 11.5. The lowest BCUT2D eigenvalue weighted by Crippen LogP contribution is -2.44. The van der Waals surface area contributed by atoms with Gasteiger partial charge in [0.1, 0.15) is 5.82 Å². The molecule has 5 nitrogen and oxygen atoms in total. The molecule has 2 rings (SSSR count). The third-order valence-corrected chi connectivity index (χ3v) is 4.28. The summed E-state index contributed by atoms with van der Waals surface area (Å²) in [5.74, 6) is -1.47. The molecule has 1 aromatic carbocycles. The van der Waals surface area contributed by atoms with E-state index in [-0.39, 0.29) is 6.04 Å². The molecule has 0 N–H and O–H groups in total. The van der Waals surface area contributed by atoms with E-state index in [0.717, 1.165) is 11.5 Å². The van der Waals surface area contributed by atoms with Gasteiger partial charge < -0.3 is 4.90 Å². The second-order valence-electron chi connectivity index (χ2n) is 4.46. The Balaban J connectivity index is 2.35.